The Labute approximate surface area is 186 Å². The van der Waals surface area contributed by atoms with Crippen molar-refractivity contribution in [1.82, 2.24) is 0 Å². The first-order valence-electron chi connectivity index (χ1n) is 11.6. The molecule has 176 valence electrons. The fraction of sp³-hybridized carbons (Fsp3) is 0.800. The van der Waals surface area contributed by atoms with E-state index in [4.69, 9.17) is 9.47 Å². The number of esters is 2. The zero-order chi connectivity index (χ0) is 23.4. The van der Waals surface area contributed by atoms with Crippen molar-refractivity contribution in [1.29, 1.82) is 0 Å². The molecule has 1 fully saturated rings. The number of ether oxygens (including phenoxy) is 2. The van der Waals surface area contributed by atoms with Crippen LogP contribution in [0.3, 0.4) is 0 Å². The molecule has 1 saturated carbocycles. The highest BCUT2D eigenvalue weighted by Gasteiger charge is 2.49. The van der Waals surface area contributed by atoms with E-state index in [1.54, 1.807) is 0 Å². The van der Waals surface area contributed by atoms with Gasteiger partial charge in [-0.1, -0.05) is 40.2 Å². The average Bonchev–Trinajstić information content (AvgIpc) is 2.65. The Morgan fingerprint density at radius 2 is 1.84 bits per heavy atom. The maximum absolute atomic E-state index is 12.4. The number of allylic oxidation sites excluding steroid dienone is 2. The van der Waals surface area contributed by atoms with Crippen LogP contribution in [-0.2, 0) is 23.9 Å². The Morgan fingerprint density at radius 3 is 2.48 bits per heavy atom. The van der Waals surface area contributed by atoms with Crippen LogP contribution in [0.25, 0.3) is 0 Å². The van der Waals surface area contributed by atoms with Gasteiger partial charge in [-0.15, -0.1) is 0 Å². The fourth-order valence-corrected chi connectivity index (χ4v) is 5.28. The van der Waals surface area contributed by atoms with Gasteiger partial charge in [0.1, 0.15) is 19.3 Å². The van der Waals surface area contributed by atoms with Gasteiger partial charge in [0.2, 0.25) is 0 Å². The molecular weight excluding hydrogens is 396 g/mol. The lowest BCUT2D eigenvalue weighted by molar-refractivity contribution is -0.151. The zero-order valence-corrected chi connectivity index (χ0v) is 20.0. The number of hydrogen-bond donors (Lipinski definition) is 1. The van der Waals surface area contributed by atoms with Gasteiger partial charge in [0, 0.05) is 19.8 Å². The van der Waals surface area contributed by atoms with Crippen molar-refractivity contribution in [2.45, 2.75) is 86.2 Å². The number of aliphatic hydroxyl groups is 1. The number of rotatable bonds is 9. The summed E-state index contributed by atoms with van der Waals surface area (Å²) < 4.78 is 9.84. The molecule has 1 N–H and O–H groups in total. The maximum atomic E-state index is 12.4. The summed E-state index contributed by atoms with van der Waals surface area (Å²) in [5.74, 6) is 0.473. The number of carbonyl (C=O) groups excluding carboxylic acids is 3. The molecule has 0 spiro atoms. The highest BCUT2D eigenvalue weighted by molar-refractivity contribution is 5.92. The normalized spacial score (nSPS) is 29.4. The van der Waals surface area contributed by atoms with Crippen LogP contribution in [0.5, 0.6) is 0 Å². The molecular formula is C25H40O6. The maximum Gasteiger partial charge on any atom is 0.306 e. The van der Waals surface area contributed by atoms with Crippen molar-refractivity contribution < 1.29 is 29.0 Å². The Kier molecular flexibility index (Phi) is 8.48. The molecule has 31 heavy (non-hydrogen) atoms. The standard InChI is InChI=1S/C25H40O6/c1-16(11-23(29)31-15-20(28)14-30-18(3)26)9-10-25(6)17(2)7-8-21-22(25)12-19(27)13-24(21,4)5/h12,16-17,20-21,28H,7-11,13-15H2,1-6H3. The van der Waals surface area contributed by atoms with Gasteiger partial charge in [-0.25, -0.2) is 0 Å². The van der Waals surface area contributed by atoms with Crippen LogP contribution >= 0.6 is 0 Å². The van der Waals surface area contributed by atoms with Crippen molar-refractivity contribution in [2.75, 3.05) is 13.2 Å². The van der Waals surface area contributed by atoms with Crippen LogP contribution in [0.2, 0.25) is 0 Å². The summed E-state index contributed by atoms with van der Waals surface area (Å²) in [7, 11) is 0. The van der Waals surface area contributed by atoms with E-state index in [0.29, 0.717) is 18.3 Å². The van der Waals surface area contributed by atoms with Gasteiger partial charge < -0.3 is 14.6 Å². The number of hydrogen-bond acceptors (Lipinski definition) is 6. The topological polar surface area (TPSA) is 89.9 Å². The number of aliphatic hydroxyl groups excluding tert-OH is 1. The highest BCUT2D eigenvalue weighted by Crippen LogP contribution is 2.57. The molecule has 0 aromatic rings. The van der Waals surface area contributed by atoms with Gasteiger partial charge in [-0.2, -0.15) is 0 Å². The van der Waals surface area contributed by atoms with Crippen molar-refractivity contribution >= 4 is 17.7 Å². The molecule has 0 aliphatic heterocycles. The zero-order valence-electron chi connectivity index (χ0n) is 20.0. The average molecular weight is 437 g/mol. The molecule has 0 saturated heterocycles. The van der Waals surface area contributed by atoms with Crippen molar-refractivity contribution in [3.05, 3.63) is 11.6 Å². The molecule has 0 aromatic carbocycles. The molecule has 5 unspecified atom stereocenters. The first kappa shape index (κ1) is 25.6. The molecule has 5 atom stereocenters. The van der Waals surface area contributed by atoms with Crippen molar-refractivity contribution in [3.63, 3.8) is 0 Å². The summed E-state index contributed by atoms with van der Waals surface area (Å²) in [4.78, 5) is 35.3. The smallest absolute Gasteiger partial charge is 0.306 e. The van der Waals surface area contributed by atoms with Crippen LogP contribution in [0.1, 0.15) is 80.1 Å². The summed E-state index contributed by atoms with van der Waals surface area (Å²) in [6, 6.07) is 0. The number of carbonyl (C=O) groups is 3. The summed E-state index contributed by atoms with van der Waals surface area (Å²) >= 11 is 0. The highest BCUT2D eigenvalue weighted by atomic mass is 16.6. The molecule has 0 radical (unpaired) electrons. The lowest BCUT2D eigenvalue weighted by Gasteiger charge is -2.52. The fourth-order valence-electron chi connectivity index (χ4n) is 5.28. The van der Waals surface area contributed by atoms with Gasteiger partial charge in [0.25, 0.3) is 0 Å². The minimum absolute atomic E-state index is 0.00489. The number of ketones is 1. The van der Waals surface area contributed by atoms with Crippen LogP contribution in [0.15, 0.2) is 11.6 Å². The largest absolute Gasteiger partial charge is 0.463 e. The third-order valence-corrected chi connectivity index (χ3v) is 7.49. The molecule has 2 aliphatic carbocycles. The van der Waals surface area contributed by atoms with Gasteiger partial charge in [0.05, 0.1) is 0 Å². The molecule has 6 nitrogen and oxygen atoms in total. The quantitative estimate of drug-likeness (QED) is 0.544. The molecule has 0 aromatic heterocycles. The second-order valence-corrected chi connectivity index (χ2v) is 10.7. The molecule has 0 bridgehead atoms. The van der Waals surface area contributed by atoms with Crippen LogP contribution < -0.4 is 0 Å². The minimum atomic E-state index is -1.01. The predicted octanol–water partition coefficient (Wildman–Crippen LogP) is 4.24. The van der Waals surface area contributed by atoms with Crippen LogP contribution in [-0.4, -0.2) is 42.1 Å². The van der Waals surface area contributed by atoms with Gasteiger partial charge in [-0.05, 0) is 60.3 Å². The van der Waals surface area contributed by atoms with Gasteiger partial charge in [-0.3, -0.25) is 14.4 Å². The summed E-state index contributed by atoms with van der Waals surface area (Å²) in [5.41, 5.74) is 1.29. The van der Waals surface area contributed by atoms with E-state index < -0.39 is 12.1 Å². The second-order valence-electron chi connectivity index (χ2n) is 10.7. The van der Waals surface area contributed by atoms with E-state index in [2.05, 4.69) is 27.7 Å². The van der Waals surface area contributed by atoms with E-state index in [0.717, 1.165) is 25.7 Å². The Bertz CT molecular complexity index is 709. The minimum Gasteiger partial charge on any atom is -0.463 e. The van der Waals surface area contributed by atoms with Crippen LogP contribution in [0, 0.1) is 28.6 Å². The Balaban J connectivity index is 1.91. The summed E-state index contributed by atoms with van der Waals surface area (Å²) in [6.07, 6.45) is 5.91. The molecule has 0 heterocycles. The summed E-state index contributed by atoms with van der Waals surface area (Å²) in [5, 5.41) is 9.70. The number of fused-ring (bicyclic) bond motifs is 1. The third kappa shape index (κ3) is 6.64. The van der Waals surface area contributed by atoms with E-state index in [1.807, 2.05) is 13.0 Å². The molecule has 2 rings (SSSR count). The van der Waals surface area contributed by atoms with E-state index in [9.17, 15) is 19.5 Å². The lowest BCUT2D eigenvalue weighted by Crippen LogP contribution is -2.44. The van der Waals surface area contributed by atoms with E-state index in [-0.39, 0.29) is 48.1 Å². The Hall–Kier alpha value is -1.69. The first-order chi connectivity index (χ1) is 14.3. The van der Waals surface area contributed by atoms with E-state index in [1.165, 1.54) is 12.5 Å². The van der Waals surface area contributed by atoms with Crippen molar-refractivity contribution in [3.8, 4) is 0 Å². The second kappa shape index (κ2) is 10.3. The molecule has 0 amide bonds. The SMILES string of the molecule is CC(=O)OCC(O)COC(=O)CC(C)CCC1(C)C2=CC(=O)CC(C)(C)C2CCC1C. The first-order valence-corrected chi connectivity index (χ1v) is 11.6. The van der Waals surface area contributed by atoms with Gasteiger partial charge in [0.15, 0.2) is 5.78 Å². The van der Waals surface area contributed by atoms with Crippen LogP contribution in [0.4, 0.5) is 0 Å². The monoisotopic (exact) mass is 436 g/mol. The molecule has 6 heteroatoms. The van der Waals surface area contributed by atoms with Gasteiger partial charge >= 0.3 is 11.9 Å². The predicted molar refractivity (Wildman–Crippen MR) is 118 cm³/mol. The molecule has 2 aliphatic rings. The third-order valence-electron chi connectivity index (χ3n) is 7.49. The lowest BCUT2D eigenvalue weighted by atomic mass is 9.52. The van der Waals surface area contributed by atoms with E-state index >= 15 is 0 Å². The Morgan fingerprint density at radius 1 is 1.19 bits per heavy atom. The van der Waals surface area contributed by atoms with Crippen molar-refractivity contribution in [2.24, 2.45) is 28.6 Å². The summed E-state index contributed by atoms with van der Waals surface area (Å²) in [6.45, 7) is 11.9.